The number of aryl methyl sites for hydroxylation is 1. The number of hydrazine groups is 1. The van der Waals surface area contributed by atoms with Gasteiger partial charge in [-0.1, -0.05) is 47.5 Å². The number of allylic oxidation sites excluding steroid dienone is 6. The quantitative estimate of drug-likeness (QED) is 0.432. The Bertz CT molecular complexity index is 1910. The number of rotatable bonds is 4. The van der Waals surface area contributed by atoms with Crippen molar-refractivity contribution in [1.82, 2.24) is 9.78 Å². The second-order valence-corrected chi connectivity index (χ2v) is 12.5. The van der Waals surface area contributed by atoms with Crippen molar-refractivity contribution in [2.75, 3.05) is 16.4 Å². The van der Waals surface area contributed by atoms with Crippen molar-refractivity contribution in [2.24, 2.45) is 17.9 Å². The zero-order valence-corrected chi connectivity index (χ0v) is 23.8. The highest BCUT2D eigenvalue weighted by Crippen LogP contribution is 2.52. The van der Waals surface area contributed by atoms with E-state index in [1.807, 2.05) is 0 Å². The lowest BCUT2D eigenvalue weighted by Gasteiger charge is -2.37. The monoisotopic (exact) mass is 616 g/mol. The van der Waals surface area contributed by atoms with Crippen LogP contribution in [0, 0.1) is 0 Å². The number of carbonyl (C=O) groups is 1. The number of benzene rings is 2. The maximum absolute atomic E-state index is 15.1. The van der Waals surface area contributed by atoms with Gasteiger partial charge in [-0.05, 0) is 47.9 Å². The first-order valence-electron chi connectivity index (χ1n) is 12.1. The first-order chi connectivity index (χ1) is 19.3. The Morgan fingerprint density at radius 3 is 2.54 bits per heavy atom. The summed E-state index contributed by atoms with van der Waals surface area (Å²) in [6.45, 7) is 0. The number of sulfone groups is 1. The molecule has 210 valence electrons. The summed E-state index contributed by atoms with van der Waals surface area (Å²) >= 11 is 12.7. The lowest BCUT2D eigenvalue weighted by Crippen LogP contribution is -2.40. The van der Waals surface area contributed by atoms with Crippen LogP contribution >= 0.6 is 23.2 Å². The molecule has 14 heteroatoms. The topological polar surface area (TPSA) is 114 Å². The molecular formula is C27H20Cl2F2N6O3S. The molecule has 3 heterocycles. The smallest absolute Gasteiger partial charge is 0.364 e. The van der Waals surface area contributed by atoms with Gasteiger partial charge in [0.05, 0.1) is 28.2 Å². The molecule has 0 unspecified atom stereocenters. The molecule has 0 atom stereocenters. The number of halogens is 4. The first-order valence-corrected chi connectivity index (χ1v) is 14.7. The van der Waals surface area contributed by atoms with Crippen LogP contribution in [0.1, 0.15) is 12.1 Å². The van der Waals surface area contributed by atoms with E-state index in [0.717, 1.165) is 6.26 Å². The summed E-state index contributed by atoms with van der Waals surface area (Å²) < 4.78 is 55.9. The van der Waals surface area contributed by atoms with Crippen LogP contribution in [0.4, 0.5) is 20.2 Å². The van der Waals surface area contributed by atoms with Crippen LogP contribution < -0.4 is 15.9 Å². The lowest BCUT2D eigenvalue weighted by atomic mass is 9.97. The normalized spacial score (nSPS) is 18.1. The standard InChI is InChI=1S/C27H20Cl2F2N6O3S/c1-35-23-19-8-6-15(14-4-3-5-17(10-14)41(2,39)40)11-21(19)36-22(18-9-7-16(28)12-20(18)29)13-33-37(36)24(23)25(34-35)27(30,31)26(32)38/h3-8,10-13H,9H2,1-2H3,(H2,32,38). The summed E-state index contributed by atoms with van der Waals surface area (Å²) in [4.78, 5) is 11.9. The van der Waals surface area contributed by atoms with Gasteiger partial charge in [-0.15, -0.1) is 0 Å². The Morgan fingerprint density at radius 2 is 1.85 bits per heavy atom. The van der Waals surface area contributed by atoms with Crippen molar-refractivity contribution < 1.29 is 22.0 Å². The number of fused-ring (bicyclic) bond motifs is 6. The molecule has 41 heavy (non-hydrogen) atoms. The second-order valence-electron chi connectivity index (χ2n) is 9.64. The first kappa shape index (κ1) is 27.2. The summed E-state index contributed by atoms with van der Waals surface area (Å²) in [6.07, 6.45) is 6.28. The van der Waals surface area contributed by atoms with Crippen LogP contribution in [-0.2, 0) is 27.6 Å². The highest BCUT2D eigenvalue weighted by molar-refractivity contribution is 7.90. The van der Waals surface area contributed by atoms with Gasteiger partial charge < -0.3 is 5.73 Å². The highest BCUT2D eigenvalue weighted by Gasteiger charge is 2.50. The van der Waals surface area contributed by atoms with E-state index in [2.05, 4.69) is 10.2 Å². The van der Waals surface area contributed by atoms with Gasteiger partial charge >= 0.3 is 5.92 Å². The number of alkyl halides is 2. The number of hydrogen-bond acceptors (Lipinski definition) is 7. The summed E-state index contributed by atoms with van der Waals surface area (Å²) in [5, 5.41) is 12.1. The second kappa shape index (κ2) is 9.26. The van der Waals surface area contributed by atoms with Gasteiger partial charge in [-0.2, -0.15) is 24.1 Å². The number of hydrogen-bond donors (Lipinski definition) is 1. The number of carbonyl (C=O) groups excluding carboxylic acids is 1. The molecule has 1 aliphatic carbocycles. The molecule has 0 saturated carbocycles. The summed E-state index contributed by atoms with van der Waals surface area (Å²) in [6, 6.07) is 11.7. The number of anilines is 2. The van der Waals surface area contributed by atoms with E-state index in [4.69, 9.17) is 28.9 Å². The van der Waals surface area contributed by atoms with Gasteiger partial charge in [0.2, 0.25) is 0 Å². The summed E-state index contributed by atoms with van der Waals surface area (Å²) in [7, 11) is -1.99. The number of amides is 1. The molecule has 3 aromatic rings. The Balaban J connectivity index is 1.62. The van der Waals surface area contributed by atoms with Gasteiger partial charge in [-0.25, -0.2) is 13.4 Å². The van der Waals surface area contributed by atoms with E-state index in [1.54, 1.807) is 53.6 Å². The third-order valence-electron chi connectivity index (χ3n) is 6.98. The Labute approximate surface area is 243 Å². The summed E-state index contributed by atoms with van der Waals surface area (Å²) in [5.74, 6) is -5.94. The van der Waals surface area contributed by atoms with Gasteiger partial charge in [0.15, 0.2) is 15.5 Å². The van der Waals surface area contributed by atoms with E-state index >= 15 is 8.78 Å². The van der Waals surface area contributed by atoms with E-state index < -0.39 is 27.4 Å². The van der Waals surface area contributed by atoms with Crippen molar-refractivity contribution in [3.63, 3.8) is 0 Å². The zero-order valence-electron chi connectivity index (χ0n) is 21.4. The van der Waals surface area contributed by atoms with E-state index in [9.17, 15) is 13.2 Å². The van der Waals surface area contributed by atoms with Gasteiger partial charge in [0.25, 0.3) is 5.91 Å². The molecular weight excluding hydrogens is 597 g/mol. The SMILES string of the molecule is Cn1nc(C(F)(F)C(N)=O)c2c1-c1ccc(-c3cccc(S(C)(=O)=O)c3)cc1N1C(=C3CC=C(Cl)C=C3Cl)C=NN21. The predicted octanol–water partition coefficient (Wildman–Crippen LogP) is 5.18. The Hall–Kier alpha value is -4.00. The minimum atomic E-state index is -4.09. The fourth-order valence-electron chi connectivity index (χ4n) is 5.03. The molecule has 0 radical (unpaired) electrons. The molecule has 0 bridgehead atoms. The molecule has 9 nitrogen and oxygen atoms in total. The molecule has 0 saturated heterocycles. The van der Waals surface area contributed by atoms with E-state index in [1.165, 1.54) is 29.1 Å². The largest absolute Gasteiger partial charge is 0.369 e. The van der Waals surface area contributed by atoms with Crippen molar-refractivity contribution in [3.05, 3.63) is 81.6 Å². The molecule has 2 aromatic carbocycles. The highest BCUT2D eigenvalue weighted by atomic mass is 35.5. The molecule has 1 amide bonds. The molecule has 0 spiro atoms. The molecule has 2 aliphatic heterocycles. The van der Waals surface area contributed by atoms with Crippen molar-refractivity contribution >= 4 is 56.5 Å². The number of nitrogens with zero attached hydrogens (tertiary/aromatic N) is 5. The van der Waals surface area contributed by atoms with Crippen molar-refractivity contribution in [3.8, 4) is 22.4 Å². The Kier molecular flexibility index (Phi) is 6.14. The van der Waals surface area contributed by atoms with Gasteiger partial charge in [0.1, 0.15) is 5.69 Å². The minimum absolute atomic E-state index is 0.119. The molecule has 0 fully saturated rings. The number of nitrogens with two attached hydrogens (primary N) is 1. The predicted molar refractivity (Wildman–Crippen MR) is 153 cm³/mol. The van der Waals surface area contributed by atoms with Gasteiger partial charge in [-0.3, -0.25) is 9.48 Å². The Morgan fingerprint density at radius 1 is 1.12 bits per heavy atom. The minimum Gasteiger partial charge on any atom is -0.364 e. The van der Waals surface area contributed by atoms with E-state index in [-0.39, 0.29) is 16.3 Å². The van der Waals surface area contributed by atoms with Crippen LogP contribution in [0.2, 0.25) is 0 Å². The van der Waals surface area contributed by atoms with Crippen LogP contribution in [0.25, 0.3) is 22.4 Å². The lowest BCUT2D eigenvalue weighted by molar-refractivity contribution is -0.143. The van der Waals surface area contributed by atoms with Crippen LogP contribution in [0.5, 0.6) is 0 Å². The van der Waals surface area contributed by atoms with Crippen LogP contribution in [0.3, 0.4) is 0 Å². The molecule has 2 N–H and O–H groups in total. The van der Waals surface area contributed by atoms with Gasteiger partial charge in [0, 0.05) is 34.5 Å². The number of aromatic nitrogens is 2. The van der Waals surface area contributed by atoms with Crippen LogP contribution in [0.15, 0.2) is 85.9 Å². The third-order valence-corrected chi connectivity index (χ3v) is 8.69. The molecule has 6 rings (SSSR count). The maximum Gasteiger partial charge on any atom is 0.369 e. The maximum atomic E-state index is 15.1. The average molecular weight is 617 g/mol. The fraction of sp³-hybridized carbons (Fsp3) is 0.148. The van der Waals surface area contributed by atoms with E-state index in [0.29, 0.717) is 50.1 Å². The summed E-state index contributed by atoms with van der Waals surface area (Å²) in [5.41, 5.74) is 7.82. The van der Waals surface area contributed by atoms with Crippen molar-refractivity contribution in [2.45, 2.75) is 17.2 Å². The average Bonchev–Trinajstić information content (AvgIpc) is 3.50. The third kappa shape index (κ3) is 4.25. The zero-order chi connectivity index (χ0) is 29.4. The van der Waals surface area contributed by atoms with Crippen LogP contribution in [-0.4, -0.2) is 36.6 Å². The fourth-order valence-corrected chi connectivity index (χ4v) is 6.23. The number of primary amides is 1. The molecule has 3 aliphatic rings. The number of hydrazone groups is 1. The molecule has 1 aromatic heterocycles. The van der Waals surface area contributed by atoms with Crippen molar-refractivity contribution in [1.29, 1.82) is 0 Å².